The third kappa shape index (κ3) is 4.16. The van der Waals surface area contributed by atoms with E-state index in [0.717, 1.165) is 12.8 Å². The summed E-state index contributed by atoms with van der Waals surface area (Å²) in [5.41, 5.74) is 1.06. The molecular weight excluding hydrogens is 302 g/mol. The molecular formula is C15H15N3O5. The van der Waals surface area contributed by atoms with Crippen LogP contribution in [0, 0.1) is 0 Å². The van der Waals surface area contributed by atoms with Crippen LogP contribution in [0.25, 0.3) is 5.69 Å². The van der Waals surface area contributed by atoms with Crippen LogP contribution in [-0.2, 0) is 14.3 Å². The Labute approximate surface area is 132 Å². The van der Waals surface area contributed by atoms with Gasteiger partial charge in [0.15, 0.2) is 6.10 Å². The normalized spacial score (nSPS) is 11.4. The molecule has 0 aliphatic rings. The SMILES string of the molecule is COC(=O)NC(=O)[C@H](C)OC(=O)c1ccc(-n2cccn2)cc1. The molecule has 1 aromatic carbocycles. The van der Waals surface area contributed by atoms with Crippen LogP contribution < -0.4 is 5.32 Å². The van der Waals surface area contributed by atoms with Crippen LogP contribution in [-0.4, -0.2) is 41.0 Å². The van der Waals surface area contributed by atoms with Crippen molar-refractivity contribution in [1.82, 2.24) is 15.1 Å². The predicted molar refractivity (Wildman–Crippen MR) is 79.0 cm³/mol. The second kappa shape index (κ2) is 7.21. The lowest BCUT2D eigenvalue weighted by Crippen LogP contribution is -2.39. The Morgan fingerprint density at radius 3 is 2.48 bits per heavy atom. The standard InChI is InChI=1S/C15H15N3O5/c1-10(13(19)17-15(21)22-2)23-14(20)11-4-6-12(7-5-11)18-9-3-8-16-18/h3-10H,1-2H3,(H,17,19,21)/t10-/m0/s1. The van der Waals surface area contributed by atoms with Crippen LogP contribution in [0.4, 0.5) is 4.79 Å². The van der Waals surface area contributed by atoms with Crippen molar-refractivity contribution >= 4 is 18.0 Å². The van der Waals surface area contributed by atoms with E-state index in [1.54, 1.807) is 47.4 Å². The van der Waals surface area contributed by atoms with Gasteiger partial charge in [-0.05, 0) is 37.3 Å². The molecule has 0 saturated heterocycles. The fourth-order valence-electron chi connectivity index (χ4n) is 1.71. The molecule has 0 spiro atoms. The molecule has 0 bridgehead atoms. The highest BCUT2D eigenvalue weighted by molar-refractivity contribution is 5.97. The van der Waals surface area contributed by atoms with Gasteiger partial charge in [-0.3, -0.25) is 10.1 Å². The molecule has 8 heteroatoms. The molecule has 2 rings (SSSR count). The van der Waals surface area contributed by atoms with Gasteiger partial charge in [0.25, 0.3) is 5.91 Å². The third-order valence-electron chi connectivity index (χ3n) is 2.94. The van der Waals surface area contributed by atoms with Crippen LogP contribution in [0.1, 0.15) is 17.3 Å². The number of imide groups is 1. The largest absolute Gasteiger partial charge is 0.453 e. The lowest BCUT2D eigenvalue weighted by Gasteiger charge is -2.12. The fraction of sp³-hybridized carbons (Fsp3) is 0.200. The summed E-state index contributed by atoms with van der Waals surface area (Å²) in [7, 11) is 1.13. The maximum Gasteiger partial charge on any atom is 0.413 e. The van der Waals surface area contributed by atoms with E-state index in [1.807, 2.05) is 5.32 Å². The lowest BCUT2D eigenvalue weighted by atomic mass is 10.2. The molecule has 1 aromatic heterocycles. The van der Waals surface area contributed by atoms with E-state index < -0.39 is 24.1 Å². The topological polar surface area (TPSA) is 99.5 Å². The molecule has 0 aliphatic carbocycles. The maximum atomic E-state index is 12.0. The number of alkyl carbamates (subject to hydrolysis) is 1. The van der Waals surface area contributed by atoms with Crippen LogP contribution in [0.5, 0.6) is 0 Å². The monoisotopic (exact) mass is 317 g/mol. The average molecular weight is 317 g/mol. The van der Waals surface area contributed by atoms with Gasteiger partial charge in [0.2, 0.25) is 0 Å². The second-order valence-electron chi connectivity index (χ2n) is 4.53. The molecule has 0 unspecified atom stereocenters. The predicted octanol–water partition coefficient (Wildman–Crippen LogP) is 1.30. The number of hydrogen-bond donors (Lipinski definition) is 1. The van der Waals surface area contributed by atoms with Gasteiger partial charge >= 0.3 is 12.1 Å². The van der Waals surface area contributed by atoms with Crippen LogP contribution in [0.3, 0.4) is 0 Å². The van der Waals surface area contributed by atoms with Gasteiger partial charge in [0.1, 0.15) is 0 Å². The molecule has 2 aromatic rings. The van der Waals surface area contributed by atoms with Gasteiger partial charge in [0.05, 0.1) is 18.4 Å². The molecule has 8 nitrogen and oxygen atoms in total. The first-order valence-corrected chi connectivity index (χ1v) is 6.71. The van der Waals surface area contributed by atoms with Crippen molar-refractivity contribution in [3.8, 4) is 5.69 Å². The van der Waals surface area contributed by atoms with Gasteiger partial charge in [-0.2, -0.15) is 5.10 Å². The first-order valence-electron chi connectivity index (χ1n) is 6.71. The number of ether oxygens (including phenoxy) is 2. The smallest absolute Gasteiger partial charge is 0.413 e. The number of methoxy groups -OCH3 is 1. The zero-order chi connectivity index (χ0) is 16.8. The van der Waals surface area contributed by atoms with Crippen molar-refractivity contribution in [2.24, 2.45) is 0 Å². The van der Waals surface area contributed by atoms with Crippen molar-refractivity contribution in [1.29, 1.82) is 0 Å². The number of aromatic nitrogens is 2. The van der Waals surface area contributed by atoms with Crippen molar-refractivity contribution in [3.63, 3.8) is 0 Å². The Hall–Kier alpha value is -3.16. The number of esters is 1. The number of carbonyl (C=O) groups excluding carboxylic acids is 3. The van der Waals surface area contributed by atoms with Gasteiger partial charge in [-0.1, -0.05) is 0 Å². The summed E-state index contributed by atoms with van der Waals surface area (Å²) in [5.74, 6) is -1.44. The number of rotatable bonds is 4. The zero-order valence-corrected chi connectivity index (χ0v) is 12.6. The molecule has 0 radical (unpaired) electrons. The minimum absolute atomic E-state index is 0.277. The van der Waals surface area contributed by atoms with Crippen LogP contribution in [0.15, 0.2) is 42.7 Å². The first kappa shape index (κ1) is 16.2. The summed E-state index contributed by atoms with van der Waals surface area (Å²) in [4.78, 5) is 34.5. The Kier molecular flexibility index (Phi) is 5.08. The summed E-state index contributed by atoms with van der Waals surface area (Å²) in [6.07, 6.45) is 1.37. The quantitative estimate of drug-likeness (QED) is 0.853. The molecule has 0 aliphatic heterocycles. The highest BCUT2D eigenvalue weighted by Gasteiger charge is 2.21. The van der Waals surface area contributed by atoms with Crippen LogP contribution in [0.2, 0.25) is 0 Å². The summed E-state index contributed by atoms with van der Waals surface area (Å²) >= 11 is 0. The Balaban J connectivity index is 1.98. The van der Waals surface area contributed by atoms with E-state index in [2.05, 4.69) is 9.84 Å². The highest BCUT2D eigenvalue weighted by atomic mass is 16.6. The van der Waals surface area contributed by atoms with Crippen molar-refractivity contribution in [3.05, 3.63) is 48.3 Å². The minimum atomic E-state index is -1.13. The summed E-state index contributed by atoms with van der Waals surface area (Å²) in [6.45, 7) is 1.36. The third-order valence-corrected chi connectivity index (χ3v) is 2.94. The molecule has 23 heavy (non-hydrogen) atoms. The van der Waals surface area contributed by atoms with Crippen molar-refractivity contribution < 1.29 is 23.9 Å². The van der Waals surface area contributed by atoms with Crippen molar-refractivity contribution in [2.45, 2.75) is 13.0 Å². The van der Waals surface area contributed by atoms with E-state index in [1.165, 1.54) is 6.92 Å². The van der Waals surface area contributed by atoms with E-state index >= 15 is 0 Å². The van der Waals surface area contributed by atoms with Crippen molar-refractivity contribution in [2.75, 3.05) is 7.11 Å². The summed E-state index contributed by atoms with van der Waals surface area (Å²) in [5, 5.41) is 6.00. The first-order chi connectivity index (χ1) is 11.0. The molecule has 2 amide bonds. The van der Waals surface area contributed by atoms with E-state index in [9.17, 15) is 14.4 Å². The Bertz CT molecular complexity index is 694. The number of carbonyl (C=O) groups is 3. The summed E-state index contributed by atoms with van der Waals surface area (Å²) in [6, 6.07) is 8.30. The second-order valence-corrected chi connectivity index (χ2v) is 4.53. The highest BCUT2D eigenvalue weighted by Crippen LogP contribution is 2.10. The zero-order valence-electron chi connectivity index (χ0n) is 12.6. The van der Waals surface area contributed by atoms with Gasteiger partial charge in [-0.25, -0.2) is 14.3 Å². The average Bonchev–Trinajstić information content (AvgIpc) is 3.09. The summed E-state index contributed by atoms with van der Waals surface area (Å²) < 4.78 is 10.9. The maximum absolute atomic E-state index is 12.0. The molecule has 1 N–H and O–H groups in total. The fourth-order valence-corrected chi connectivity index (χ4v) is 1.71. The Morgan fingerprint density at radius 1 is 1.22 bits per heavy atom. The minimum Gasteiger partial charge on any atom is -0.453 e. The molecule has 1 atom stereocenters. The van der Waals surface area contributed by atoms with Gasteiger partial charge in [0, 0.05) is 12.4 Å². The van der Waals surface area contributed by atoms with E-state index in [0.29, 0.717) is 0 Å². The number of benzene rings is 1. The number of nitrogens with zero attached hydrogens (tertiary/aromatic N) is 2. The number of nitrogens with one attached hydrogen (secondary N) is 1. The van der Waals surface area contributed by atoms with Gasteiger partial charge < -0.3 is 9.47 Å². The van der Waals surface area contributed by atoms with Crippen LogP contribution >= 0.6 is 0 Å². The Morgan fingerprint density at radius 2 is 1.91 bits per heavy atom. The van der Waals surface area contributed by atoms with Gasteiger partial charge in [-0.15, -0.1) is 0 Å². The molecule has 120 valence electrons. The van der Waals surface area contributed by atoms with E-state index in [4.69, 9.17) is 4.74 Å². The number of hydrogen-bond acceptors (Lipinski definition) is 6. The number of amides is 2. The molecule has 0 saturated carbocycles. The lowest BCUT2D eigenvalue weighted by molar-refractivity contribution is -0.128. The molecule has 1 heterocycles. The molecule has 0 fully saturated rings. The van der Waals surface area contributed by atoms with E-state index in [-0.39, 0.29) is 5.56 Å².